The largest absolute Gasteiger partial charge is 0.467 e. The maximum Gasteiger partial charge on any atom is 0.412 e. The second-order valence-electron chi connectivity index (χ2n) is 11.1. The number of hydrogen-bond acceptors (Lipinski definition) is 8. The van der Waals surface area contributed by atoms with Crippen molar-refractivity contribution in [2.45, 2.75) is 43.6 Å². The van der Waals surface area contributed by atoms with Crippen molar-refractivity contribution in [1.29, 1.82) is 0 Å². The van der Waals surface area contributed by atoms with Crippen molar-refractivity contribution in [3.05, 3.63) is 101 Å². The summed E-state index contributed by atoms with van der Waals surface area (Å²) < 4.78 is 31.2. The number of amides is 3. The van der Waals surface area contributed by atoms with Crippen molar-refractivity contribution in [2.75, 3.05) is 29.6 Å². The Morgan fingerprint density at radius 1 is 0.898 bits per heavy atom. The third kappa shape index (κ3) is 9.32. The van der Waals surface area contributed by atoms with E-state index in [-0.39, 0.29) is 17.1 Å². The first-order chi connectivity index (χ1) is 23.6. The molecule has 12 nitrogen and oxygen atoms in total. The molecule has 15 heteroatoms. The average Bonchev–Trinajstić information content (AvgIpc) is 3.58. The maximum atomic E-state index is 14.0. The quantitative estimate of drug-likeness (QED) is 0.123. The van der Waals surface area contributed by atoms with E-state index < -0.39 is 54.2 Å². The van der Waals surface area contributed by atoms with Gasteiger partial charge >= 0.3 is 18.2 Å². The minimum absolute atomic E-state index is 0.0144. The van der Waals surface area contributed by atoms with Crippen molar-refractivity contribution < 1.29 is 37.8 Å². The van der Waals surface area contributed by atoms with Gasteiger partial charge in [0, 0.05) is 34.4 Å². The Bertz CT molecular complexity index is 1730. The number of rotatable bonds is 8. The summed E-state index contributed by atoms with van der Waals surface area (Å²) in [6.45, 7) is 0.307. The second-order valence-corrected chi connectivity index (χ2v) is 12.4. The molecule has 0 radical (unpaired) electrons. The summed E-state index contributed by atoms with van der Waals surface area (Å²) in [6.07, 6.45) is -1.79. The first kappa shape index (κ1) is 35.3. The van der Waals surface area contributed by atoms with Crippen molar-refractivity contribution in [3.8, 4) is 0 Å². The van der Waals surface area contributed by atoms with Crippen LogP contribution in [0.25, 0.3) is 0 Å². The van der Waals surface area contributed by atoms with Crippen molar-refractivity contribution in [2.24, 2.45) is 0 Å². The number of carbonyl (C=O) groups is 4. The highest BCUT2D eigenvalue weighted by molar-refractivity contribution is 9.10. The van der Waals surface area contributed by atoms with E-state index in [9.17, 15) is 23.6 Å². The number of esters is 1. The molecule has 5 rings (SSSR count). The van der Waals surface area contributed by atoms with E-state index in [1.54, 1.807) is 60.7 Å². The molecule has 1 heterocycles. The molecule has 1 fully saturated rings. The predicted molar refractivity (Wildman–Crippen MR) is 187 cm³/mol. The molecule has 0 bridgehead atoms. The number of hydrogen-bond donors (Lipinski definition) is 4. The minimum Gasteiger partial charge on any atom is -0.467 e. The van der Waals surface area contributed by atoms with Gasteiger partial charge in [-0.2, -0.15) is 0 Å². The molecule has 4 atom stereocenters. The maximum absolute atomic E-state index is 14.0. The molecule has 3 amide bonds. The number of nitrogens with one attached hydrogen (secondary N) is 4. The van der Waals surface area contributed by atoms with Crippen LogP contribution in [0.5, 0.6) is 0 Å². The summed E-state index contributed by atoms with van der Waals surface area (Å²) in [5.74, 6) is -1.53. The predicted octanol–water partition coefficient (Wildman–Crippen LogP) is 5.97. The highest BCUT2D eigenvalue weighted by Crippen LogP contribution is 2.30. The zero-order valence-electron chi connectivity index (χ0n) is 26.2. The van der Waals surface area contributed by atoms with Crippen LogP contribution < -0.4 is 21.3 Å². The van der Waals surface area contributed by atoms with E-state index in [2.05, 4.69) is 37.2 Å². The first-order valence-electron chi connectivity index (χ1n) is 15.3. The highest BCUT2D eigenvalue weighted by Gasteiger charge is 2.44. The molecule has 256 valence electrons. The number of ether oxygens (including phenoxy) is 3. The lowest BCUT2D eigenvalue weighted by Gasteiger charge is -2.37. The van der Waals surface area contributed by atoms with Crippen LogP contribution in [0.15, 0.2) is 95.0 Å². The van der Waals surface area contributed by atoms with Crippen LogP contribution in [0, 0.1) is 5.82 Å². The number of anilines is 3. The number of thiocarbonyl (C=S) groups is 1. The Hall–Kier alpha value is -5.02. The minimum atomic E-state index is -1.23. The summed E-state index contributed by atoms with van der Waals surface area (Å²) >= 11 is 8.91. The summed E-state index contributed by atoms with van der Waals surface area (Å²) in [5, 5.41) is 11.2. The molecule has 0 spiro atoms. The van der Waals surface area contributed by atoms with E-state index in [4.69, 9.17) is 26.4 Å². The zero-order chi connectivity index (χ0) is 34.9. The zero-order valence-corrected chi connectivity index (χ0v) is 28.6. The molecule has 0 aromatic heterocycles. The summed E-state index contributed by atoms with van der Waals surface area (Å²) in [6, 6.07) is 19.3. The monoisotopic (exact) mass is 753 g/mol. The van der Waals surface area contributed by atoms with Crippen LogP contribution >= 0.6 is 28.1 Å². The normalized spacial score (nSPS) is 19.9. The standard InChI is InChI=1S/C34H33BrFN5O7S/c1-46-31(43)27-13-8-16-41(27)30(42)20-17-26(40-32(49)39-25-19-21(36)14-15-24(25)35)29(48-34(45)38-23-11-6-3-7-12-23)28(18-20)47-33(44)37-22-9-4-2-5-10-22/h2-7,9-12,14-15,17,19,26-29H,8,13,16,18H2,1H3,(H,37,44)(H,38,45)(H2,39,40,49). The molecule has 4 unspecified atom stereocenters. The number of carbonyl (C=O) groups excluding carboxylic acids is 4. The van der Waals surface area contributed by atoms with Crippen LogP contribution in [0.2, 0.25) is 0 Å². The molecule has 0 saturated carbocycles. The second kappa shape index (κ2) is 16.4. The molecule has 49 heavy (non-hydrogen) atoms. The molecule has 1 aliphatic carbocycles. The number of halogens is 2. The Morgan fingerprint density at radius 3 is 2.16 bits per heavy atom. The van der Waals surface area contributed by atoms with E-state index >= 15 is 0 Å². The van der Waals surface area contributed by atoms with Gasteiger partial charge in [-0.25, -0.2) is 18.8 Å². The summed E-state index contributed by atoms with van der Waals surface area (Å²) in [5.41, 5.74) is 1.40. The highest BCUT2D eigenvalue weighted by atomic mass is 79.9. The third-order valence-electron chi connectivity index (χ3n) is 7.80. The summed E-state index contributed by atoms with van der Waals surface area (Å²) in [4.78, 5) is 54.3. The lowest BCUT2D eigenvalue weighted by molar-refractivity contribution is -0.150. The van der Waals surface area contributed by atoms with Crippen molar-refractivity contribution in [1.82, 2.24) is 10.2 Å². The number of benzene rings is 3. The number of para-hydroxylation sites is 2. The topological polar surface area (TPSA) is 147 Å². The van der Waals surface area contributed by atoms with E-state index in [0.717, 1.165) is 0 Å². The van der Waals surface area contributed by atoms with Gasteiger partial charge in [0.15, 0.2) is 11.2 Å². The van der Waals surface area contributed by atoms with Crippen molar-refractivity contribution >= 4 is 74.4 Å². The summed E-state index contributed by atoms with van der Waals surface area (Å²) in [7, 11) is 1.26. The fraction of sp³-hybridized carbons (Fsp3) is 0.265. The van der Waals surface area contributed by atoms with Crippen LogP contribution in [-0.2, 0) is 23.8 Å². The molecule has 2 aliphatic rings. The Morgan fingerprint density at radius 2 is 1.53 bits per heavy atom. The van der Waals surface area contributed by atoms with Crippen LogP contribution in [0.3, 0.4) is 0 Å². The van der Waals surface area contributed by atoms with E-state index in [1.807, 2.05) is 0 Å². The van der Waals surface area contributed by atoms with Crippen LogP contribution in [0.1, 0.15) is 19.3 Å². The van der Waals surface area contributed by atoms with Gasteiger partial charge in [0.2, 0.25) is 5.91 Å². The molecule has 1 aliphatic heterocycles. The lowest BCUT2D eigenvalue weighted by atomic mass is 9.89. The third-order valence-corrected chi connectivity index (χ3v) is 8.71. The SMILES string of the molecule is COC(=O)C1CCCN1C(=O)C1=CC(NC(=S)Nc2cc(F)ccc2Br)C(OC(=O)Nc2ccccc2)C(OC(=O)Nc2ccccc2)C1. The molecule has 3 aromatic carbocycles. The van der Waals surface area contributed by atoms with Gasteiger partial charge in [0.1, 0.15) is 18.0 Å². The number of methoxy groups -OCH3 is 1. The van der Waals surface area contributed by atoms with E-state index in [0.29, 0.717) is 40.9 Å². The van der Waals surface area contributed by atoms with Gasteiger partial charge in [-0.1, -0.05) is 36.4 Å². The Labute approximate surface area is 295 Å². The van der Waals surface area contributed by atoms with Crippen LogP contribution in [0.4, 0.5) is 31.0 Å². The van der Waals surface area contributed by atoms with Crippen LogP contribution in [-0.4, -0.2) is 72.0 Å². The molecular formula is C34H33BrFN5O7S. The smallest absolute Gasteiger partial charge is 0.412 e. The van der Waals surface area contributed by atoms with Gasteiger partial charge < -0.3 is 29.7 Å². The average molecular weight is 755 g/mol. The molecular weight excluding hydrogens is 721 g/mol. The van der Waals surface area contributed by atoms with E-state index in [1.165, 1.54) is 36.3 Å². The van der Waals surface area contributed by atoms with Gasteiger partial charge in [0.25, 0.3) is 0 Å². The molecule has 1 saturated heterocycles. The fourth-order valence-electron chi connectivity index (χ4n) is 5.56. The Kier molecular flexibility index (Phi) is 11.8. The van der Waals surface area contributed by atoms with Gasteiger partial charge in [0.05, 0.1) is 18.8 Å². The van der Waals surface area contributed by atoms with Gasteiger partial charge in [-0.15, -0.1) is 0 Å². The molecule has 4 N–H and O–H groups in total. The number of likely N-dealkylation sites (tertiary alicyclic amines) is 1. The Balaban J connectivity index is 1.47. The van der Waals surface area contributed by atoms with Gasteiger partial charge in [-0.05, 0) is 89.5 Å². The van der Waals surface area contributed by atoms with Crippen molar-refractivity contribution in [3.63, 3.8) is 0 Å². The van der Waals surface area contributed by atoms with Gasteiger partial charge in [-0.3, -0.25) is 15.4 Å². The number of nitrogens with zero attached hydrogens (tertiary/aromatic N) is 1. The first-order valence-corrected chi connectivity index (χ1v) is 16.5. The lowest BCUT2D eigenvalue weighted by Crippen LogP contribution is -2.55. The molecule has 3 aromatic rings. The fourth-order valence-corrected chi connectivity index (χ4v) is 6.15.